The van der Waals surface area contributed by atoms with E-state index in [1.807, 2.05) is 12.1 Å². The van der Waals surface area contributed by atoms with Crippen LogP contribution in [0.2, 0.25) is 5.02 Å². The van der Waals surface area contributed by atoms with Crippen LogP contribution in [0.1, 0.15) is 46.9 Å². The topological polar surface area (TPSA) is 37.4 Å². The Labute approximate surface area is 173 Å². The summed E-state index contributed by atoms with van der Waals surface area (Å²) in [5, 5.41) is 0.585. The van der Waals surface area contributed by atoms with E-state index in [2.05, 4.69) is 36.4 Å². The average molecular weight is 400 g/mol. The van der Waals surface area contributed by atoms with E-state index in [0.717, 1.165) is 0 Å². The molecule has 7 rings (SSSR count). The molecule has 0 aromatic heterocycles. The van der Waals surface area contributed by atoms with Crippen LogP contribution in [0.15, 0.2) is 72.8 Å². The van der Waals surface area contributed by atoms with Gasteiger partial charge in [0.05, 0.1) is 11.1 Å². The summed E-state index contributed by atoms with van der Waals surface area (Å²) in [5.74, 6) is -0.147. The molecule has 1 aliphatic heterocycles. The summed E-state index contributed by atoms with van der Waals surface area (Å²) in [6.45, 7) is 0. The van der Waals surface area contributed by atoms with Crippen molar-refractivity contribution < 1.29 is 9.59 Å². The molecule has 1 fully saturated rings. The summed E-state index contributed by atoms with van der Waals surface area (Å²) in [4.78, 5) is 28.4. The van der Waals surface area contributed by atoms with Gasteiger partial charge in [0.25, 0.3) is 0 Å². The summed E-state index contributed by atoms with van der Waals surface area (Å²) in [6.07, 6.45) is 0.929. The van der Waals surface area contributed by atoms with Crippen LogP contribution in [0.3, 0.4) is 0 Å². The van der Waals surface area contributed by atoms with Gasteiger partial charge in [-0.25, -0.2) is 0 Å². The average Bonchev–Trinajstić information content (AvgIpc) is 2.98. The SMILES string of the molecule is O=C1C[C@@]2(CC3c4ccccc4C2c2ccccc23)C(=O)N1c1ccc(Cl)cc1. The summed E-state index contributed by atoms with van der Waals surface area (Å²) in [5.41, 5.74) is 4.87. The van der Waals surface area contributed by atoms with E-state index in [9.17, 15) is 9.59 Å². The molecule has 0 unspecified atom stereocenters. The Bertz CT molecular complexity index is 1140. The normalized spacial score (nSPS) is 26.7. The van der Waals surface area contributed by atoms with Crippen molar-refractivity contribution >= 4 is 29.1 Å². The van der Waals surface area contributed by atoms with E-state index < -0.39 is 5.41 Å². The number of hydrogen-bond acceptors (Lipinski definition) is 2. The zero-order valence-corrected chi connectivity index (χ0v) is 16.4. The second kappa shape index (κ2) is 5.80. The first-order valence-corrected chi connectivity index (χ1v) is 10.3. The largest absolute Gasteiger partial charge is 0.274 e. The zero-order chi connectivity index (χ0) is 19.8. The number of anilines is 1. The highest BCUT2D eigenvalue weighted by atomic mass is 35.5. The first-order valence-electron chi connectivity index (χ1n) is 9.91. The van der Waals surface area contributed by atoms with Crippen molar-refractivity contribution in [3.63, 3.8) is 0 Å². The van der Waals surface area contributed by atoms with E-state index in [4.69, 9.17) is 11.6 Å². The number of halogens is 1. The molecule has 4 heteroatoms. The van der Waals surface area contributed by atoms with E-state index >= 15 is 0 Å². The van der Waals surface area contributed by atoms with Gasteiger partial charge in [-0.2, -0.15) is 0 Å². The zero-order valence-electron chi connectivity index (χ0n) is 15.6. The second-order valence-electron chi connectivity index (χ2n) is 8.29. The summed E-state index contributed by atoms with van der Waals surface area (Å²) in [6, 6.07) is 23.8. The Kier molecular flexibility index (Phi) is 3.40. The molecule has 1 heterocycles. The Hall–Kier alpha value is -2.91. The molecule has 1 atom stereocenters. The minimum atomic E-state index is -0.718. The van der Waals surface area contributed by atoms with Crippen LogP contribution in [0, 0.1) is 5.41 Å². The van der Waals surface area contributed by atoms with E-state index in [-0.39, 0.29) is 30.1 Å². The van der Waals surface area contributed by atoms with Crippen molar-refractivity contribution in [2.24, 2.45) is 5.41 Å². The van der Waals surface area contributed by atoms with Gasteiger partial charge in [0.1, 0.15) is 0 Å². The highest BCUT2D eigenvalue weighted by Gasteiger charge is 2.62. The van der Waals surface area contributed by atoms with Crippen molar-refractivity contribution in [1.29, 1.82) is 0 Å². The third-order valence-electron chi connectivity index (χ3n) is 6.92. The van der Waals surface area contributed by atoms with Gasteiger partial charge in [-0.1, -0.05) is 60.1 Å². The van der Waals surface area contributed by atoms with Crippen LogP contribution in [0.25, 0.3) is 0 Å². The Balaban J connectivity index is 1.54. The summed E-state index contributed by atoms with van der Waals surface area (Å²) < 4.78 is 0. The van der Waals surface area contributed by atoms with Crippen LogP contribution >= 0.6 is 11.6 Å². The lowest BCUT2D eigenvalue weighted by Gasteiger charge is -2.50. The molecule has 2 amide bonds. The fourth-order valence-electron chi connectivity index (χ4n) is 5.81. The predicted octanol–water partition coefficient (Wildman–Crippen LogP) is 5.27. The fraction of sp³-hybridized carbons (Fsp3) is 0.200. The van der Waals surface area contributed by atoms with Crippen molar-refractivity contribution in [1.82, 2.24) is 0 Å². The molecule has 1 spiro atoms. The van der Waals surface area contributed by atoms with Gasteiger partial charge in [-0.15, -0.1) is 0 Å². The van der Waals surface area contributed by atoms with Crippen molar-refractivity contribution in [3.05, 3.63) is 100 Å². The first kappa shape index (κ1) is 17.0. The maximum Gasteiger partial charge on any atom is 0.241 e. The van der Waals surface area contributed by atoms with Crippen LogP contribution in [0.4, 0.5) is 5.69 Å². The molecular weight excluding hydrogens is 382 g/mol. The Morgan fingerprint density at radius 1 is 0.793 bits per heavy atom. The lowest BCUT2D eigenvalue weighted by atomic mass is 9.51. The number of amides is 2. The smallest absolute Gasteiger partial charge is 0.241 e. The predicted molar refractivity (Wildman–Crippen MR) is 112 cm³/mol. The van der Waals surface area contributed by atoms with Crippen LogP contribution in [-0.4, -0.2) is 11.8 Å². The molecule has 3 aromatic rings. The minimum Gasteiger partial charge on any atom is -0.274 e. The highest BCUT2D eigenvalue weighted by molar-refractivity contribution is 6.31. The molecule has 3 aliphatic carbocycles. The van der Waals surface area contributed by atoms with Gasteiger partial charge >= 0.3 is 0 Å². The molecule has 3 nitrogen and oxygen atoms in total. The van der Waals surface area contributed by atoms with Crippen LogP contribution in [0.5, 0.6) is 0 Å². The Morgan fingerprint density at radius 3 is 1.93 bits per heavy atom. The third kappa shape index (κ3) is 2.14. The molecule has 1 saturated heterocycles. The van der Waals surface area contributed by atoms with Gasteiger partial charge in [0, 0.05) is 23.3 Å². The van der Waals surface area contributed by atoms with E-state index in [1.54, 1.807) is 24.3 Å². The molecule has 2 bridgehead atoms. The number of hydrogen-bond donors (Lipinski definition) is 0. The molecule has 4 aliphatic rings. The molecule has 29 heavy (non-hydrogen) atoms. The van der Waals surface area contributed by atoms with Crippen molar-refractivity contribution in [2.45, 2.75) is 24.7 Å². The maximum absolute atomic E-state index is 13.9. The standard InChI is InChI=1S/C25H18ClNO2/c26-15-9-11-16(12-10-15)27-22(28)14-25(24(27)29)13-21-17-5-1-3-7-19(17)23(25)20-8-4-2-6-18(20)21/h1-12,21,23H,13-14H2/t21?,23?,25-/m1/s1. The number of imide groups is 1. The van der Waals surface area contributed by atoms with Gasteiger partial charge in [-0.05, 0) is 52.9 Å². The maximum atomic E-state index is 13.9. The molecule has 3 aromatic carbocycles. The van der Waals surface area contributed by atoms with Gasteiger partial charge in [-0.3, -0.25) is 14.5 Å². The monoisotopic (exact) mass is 399 g/mol. The number of carbonyl (C=O) groups excluding carboxylic acids is 2. The summed E-state index contributed by atoms with van der Waals surface area (Å²) in [7, 11) is 0. The number of rotatable bonds is 1. The van der Waals surface area contributed by atoms with Gasteiger partial charge in [0.2, 0.25) is 11.8 Å². The van der Waals surface area contributed by atoms with Crippen molar-refractivity contribution in [3.8, 4) is 0 Å². The lowest BCUT2D eigenvalue weighted by Crippen LogP contribution is -2.47. The quantitative estimate of drug-likeness (QED) is 0.523. The highest BCUT2D eigenvalue weighted by Crippen LogP contribution is 2.64. The van der Waals surface area contributed by atoms with Crippen LogP contribution in [-0.2, 0) is 9.59 Å². The van der Waals surface area contributed by atoms with E-state index in [1.165, 1.54) is 27.2 Å². The van der Waals surface area contributed by atoms with Crippen LogP contribution < -0.4 is 4.90 Å². The van der Waals surface area contributed by atoms with Gasteiger partial charge < -0.3 is 0 Å². The Morgan fingerprint density at radius 2 is 1.34 bits per heavy atom. The van der Waals surface area contributed by atoms with E-state index in [0.29, 0.717) is 17.1 Å². The lowest BCUT2D eigenvalue weighted by molar-refractivity contribution is -0.127. The molecule has 0 saturated carbocycles. The number of benzene rings is 3. The number of nitrogens with zero attached hydrogens (tertiary/aromatic N) is 1. The second-order valence-corrected chi connectivity index (χ2v) is 8.73. The third-order valence-corrected chi connectivity index (χ3v) is 7.17. The molecule has 0 N–H and O–H groups in total. The molecule has 142 valence electrons. The fourth-order valence-corrected chi connectivity index (χ4v) is 5.94. The molecule has 0 radical (unpaired) electrons. The number of carbonyl (C=O) groups is 2. The first-order chi connectivity index (χ1) is 14.1. The molecular formula is C25H18ClNO2. The minimum absolute atomic E-state index is 0.0798. The summed E-state index contributed by atoms with van der Waals surface area (Å²) >= 11 is 6.01. The van der Waals surface area contributed by atoms with Gasteiger partial charge in [0.15, 0.2) is 0 Å². The van der Waals surface area contributed by atoms with Crippen molar-refractivity contribution in [2.75, 3.05) is 4.90 Å².